The van der Waals surface area contributed by atoms with Crippen LogP contribution in [0.5, 0.6) is 5.75 Å². The monoisotopic (exact) mass is 288 g/mol. The van der Waals surface area contributed by atoms with Gasteiger partial charge in [-0.3, -0.25) is 4.79 Å². The highest BCUT2D eigenvalue weighted by Gasteiger charge is 2.08. The van der Waals surface area contributed by atoms with Gasteiger partial charge in [0.05, 0.1) is 12.2 Å². The molecule has 0 fully saturated rings. The van der Waals surface area contributed by atoms with Crippen molar-refractivity contribution >= 4 is 5.78 Å². The predicted molar refractivity (Wildman–Crippen MR) is 89.2 cm³/mol. The van der Waals surface area contributed by atoms with E-state index in [0.29, 0.717) is 12.2 Å². The average molecular weight is 288 g/mol. The minimum absolute atomic E-state index is 0.0622. The highest BCUT2D eigenvalue weighted by Crippen LogP contribution is 2.21. The molecule has 0 aliphatic carbocycles. The molecule has 0 atom stereocenters. The average Bonchev–Trinajstić information content (AvgIpc) is 2.45. The van der Waals surface area contributed by atoms with E-state index >= 15 is 0 Å². The molecule has 0 aliphatic rings. The second kappa shape index (κ2) is 10.2. The fraction of sp³-hybridized carbons (Fsp3) is 0.526. The number of hydrogen-bond acceptors (Lipinski definition) is 2. The standard InChI is InChI=1S/C19H28O2/c1-4-5-6-7-8-9-10-11-14-21-19-15-16(2)12-13-18(19)17(3)20/h4,12-13,15H,1,5-11,14H2,2-3H3. The second-order valence-corrected chi connectivity index (χ2v) is 5.60. The number of ether oxygens (including phenoxy) is 1. The van der Waals surface area contributed by atoms with E-state index in [2.05, 4.69) is 6.58 Å². The Balaban J connectivity index is 2.22. The van der Waals surface area contributed by atoms with Crippen molar-refractivity contribution in [1.29, 1.82) is 0 Å². The van der Waals surface area contributed by atoms with Crippen molar-refractivity contribution < 1.29 is 9.53 Å². The molecule has 0 bridgehead atoms. The van der Waals surface area contributed by atoms with Crippen molar-refractivity contribution in [3.8, 4) is 5.75 Å². The molecule has 0 aromatic heterocycles. The number of carbonyl (C=O) groups excluding carboxylic acids is 1. The van der Waals surface area contributed by atoms with Crippen molar-refractivity contribution in [2.24, 2.45) is 0 Å². The molecule has 0 unspecified atom stereocenters. The second-order valence-electron chi connectivity index (χ2n) is 5.60. The zero-order chi connectivity index (χ0) is 15.5. The molecule has 0 spiro atoms. The molecule has 2 nitrogen and oxygen atoms in total. The van der Waals surface area contributed by atoms with E-state index in [0.717, 1.165) is 24.2 Å². The van der Waals surface area contributed by atoms with Gasteiger partial charge in [0.25, 0.3) is 0 Å². The quantitative estimate of drug-likeness (QED) is 0.305. The fourth-order valence-corrected chi connectivity index (χ4v) is 2.32. The van der Waals surface area contributed by atoms with Crippen LogP contribution in [0, 0.1) is 6.92 Å². The SMILES string of the molecule is C=CCCCCCCCCOc1cc(C)ccc1C(C)=O. The molecule has 1 aromatic rings. The lowest BCUT2D eigenvalue weighted by Gasteiger charge is -2.10. The van der Waals surface area contributed by atoms with Crippen LogP contribution in [-0.4, -0.2) is 12.4 Å². The smallest absolute Gasteiger partial charge is 0.163 e. The van der Waals surface area contributed by atoms with Gasteiger partial charge in [0, 0.05) is 0 Å². The largest absolute Gasteiger partial charge is 0.493 e. The first-order valence-electron chi connectivity index (χ1n) is 8.00. The molecule has 21 heavy (non-hydrogen) atoms. The summed E-state index contributed by atoms with van der Waals surface area (Å²) in [5.74, 6) is 0.792. The Morgan fingerprint density at radius 3 is 2.48 bits per heavy atom. The Labute approximate surface area is 129 Å². The number of Topliss-reactive ketones (excluding diaryl/α,β-unsaturated/α-hetero) is 1. The molecule has 116 valence electrons. The lowest BCUT2D eigenvalue weighted by Crippen LogP contribution is -2.03. The van der Waals surface area contributed by atoms with Crippen molar-refractivity contribution in [3.05, 3.63) is 42.0 Å². The van der Waals surface area contributed by atoms with E-state index in [9.17, 15) is 4.79 Å². The van der Waals surface area contributed by atoms with Crippen LogP contribution in [0.2, 0.25) is 0 Å². The van der Waals surface area contributed by atoms with Crippen molar-refractivity contribution in [2.45, 2.75) is 58.8 Å². The van der Waals surface area contributed by atoms with E-state index in [1.807, 2.05) is 31.2 Å². The zero-order valence-electron chi connectivity index (χ0n) is 13.5. The van der Waals surface area contributed by atoms with Gasteiger partial charge in [-0.1, -0.05) is 37.8 Å². The molecule has 0 aliphatic heterocycles. The number of aryl methyl sites for hydroxylation is 1. The van der Waals surface area contributed by atoms with E-state index in [1.54, 1.807) is 6.92 Å². The first-order valence-corrected chi connectivity index (χ1v) is 8.00. The van der Waals surface area contributed by atoms with E-state index in [-0.39, 0.29) is 5.78 Å². The molecular weight excluding hydrogens is 260 g/mol. The molecule has 1 aromatic carbocycles. The Morgan fingerprint density at radius 2 is 1.81 bits per heavy atom. The molecule has 0 N–H and O–H groups in total. The van der Waals surface area contributed by atoms with Crippen LogP contribution in [0.15, 0.2) is 30.9 Å². The lowest BCUT2D eigenvalue weighted by atomic mass is 10.1. The van der Waals surface area contributed by atoms with E-state index < -0.39 is 0 Å². The van der Waals surface area contributed by atoms with Crippen molar-refractivity contribution in [2.75, 3.05) is 6.61 Å². The van der Waals surface area contributed by atoms with Crippen LogP contribution in [0.25, 0.3) is 0 Å². The van der Waals surface area contributed by atoms with E-state index in [1.165, 1.54) is 32.1 Å². The van der Waals surface area contributed by atoms with Gasteiger partial charge >= 0.3 is 0 Å². The van der Waals surface area contributed by atoms with Crippen LogP contribution in [0.4, 0.5) is 0 Å². The van der Waals surface area contributed by atoms with Gasteiger partial charge in [0.15, 0.2) is 5.78 Å². The third-order valence-corrected chi connectivity index (χ3v) is 3.58. The summed E-state index contributed by atoms with van der Waals surface area (Å²) in [5, 5.41) is 0. The van der Waals surface area contributed by atoms with E-state index in [4.69, 9.17) is 4.74 Å². The topological polar surface area (TPSA) is 26.3 Å². The highest BCUT2D eigenvalue weighted by molar-refractivity contribution is 5.96. The van der Waals surface area contributed by atoms with Gasteiger partial charge in [-0.05, 0) is 50.8 Å². The molecule has 1 rings (SSSR count). The van der Waals surface area contributed by atoms with Crippen LogP contribution in [0.3, 0.4) is 0 Å². The number of rotatable bonds is 11. The summed E-state index contributed by atoms with van der Waals surface area (Å²) >= 11 is 0. The van der Waals surface area contributed by atoms with Crippen LogP contribution in [-0.2, 0) is 0 Å². The lowest BCUT2D eigenvalue weighted by molar-refractivity contribution is 0.101. The first-order chi connectivity index (χ1) is 10.1. The van der Waals surface area contributed by atoms with Crippen LogP contribution in [0.1, 0.15) is 67.8 Å². The maximum absolute atomic E-state index is 11.6. The summed E-state index contributed by atoms with van der Waals surface area (Å²) in [6, 6.07) is 5.76. The number of hydrogen-bond donors (Lipinski definition) is 0. The Hall–Kier alpha value is -1.57. The fourth-order valence-electron chi connectivity index (χ4n) is 2.32. The summed E-state index contributed by atoms with van der Waals surface area (Å²) in [7, 11) is 0. The van der Waals surface area contributed by atoms with Gasteiger partial charge in [0.1, 0.15) is 5.75 Å². The number of ketones is 1. The molecule has 0 heterocycles. The van der Waals surface area contributed by atoms with Gasteiger partial charge in [-0.2, -0.15) is 0 Å². The van der Waals surface area contributed by atoms with Gasteiger partial charge in [-0.25, -0.2) is 0 Å². The Morgan fingerprint density at radius 1 is 1.14 bits per heavy atom. The maximum atomic E-state index is 11.6. The summed E-state index contributed by atoms with van der Waals surface area (Å²) in [4.78, 5) is 11.6. The van der Waals surface area contributed by atoms with Crippen molar-refractivity contribution in [3.63, 3.8) is 0 Å². The molecule has 0 saturated heterocycles. The maximum Gasteiger partial charge on any atom is 0.163 e. The third-order valence-electron chi connectivity index (χ3n) is 3.58. The summed E-state index contributed by atoms with van der Waals surface area (Å²) in [6.45, 7) is 8.02. The van der Waals surface area contributed by atoms with Gasteiger partial charge in [0.2, 0.25) is 0 Å². The van der Waals surface area contributed by atoms with Crippen LogP contribution >= 0.6 is 0 Å². The normalized spacial score (nSPS) is 10.4. The Kier molecular flexibility index (Phi) is 8.49. The molecule has 0 saturated carbocycles. The third kappa shape index (κ3) is 7.12. The zero-order valence-corrected chi connectivity index (χ0v) is 13.5. The highest BCUT2D eigenvalue weighted by atomic mass is 16.5. The van der Waals surface area contributed by atoms with Gasteiger partial charge < -0.3 is 4.74 Å². The number of unbranched alkanes of at least 4 members (excludes halogenated alkanes) is 6. The molecule has 0 amide bonds. The summed E-state index contributed by atoms with van der Waals surface area (Å²) in [5.41, 5.74) is 1.81. The minimum atomic E-state index is 0.0622. The van der Waals surface area contributed by atoms with Crippen LogP contribution < -0.4 is 4.74 Å². The van der Waals surface area contributed by atoms with Gasteiger partial charge in [-0.15, -0.1) is 6.58 Å². The molecule has 2 heteroatoms. The summed E-state index contributed by atoms with van der Waals surface area (Å²) in [6.07, 6.45) is 10.4. The molecular formula is C19H28O2. The first kappa shape index (κ1) is 17.5. The minimum Gasteiger partial charge on any atom is -0.493 e. The summed E-state index contributed by atoms with van der Waals surface area (Å²) < 4.78 is 5.79. The van der Waals surface area contributed by atoms with Crippen molar-refractivity contribution in [1.82, 2.24) is 0 Å². The number of carbonyl (C=O) groups is 1. The number of allylic oxidation sites excluding steroid dienone is 1. The Bertz CT molecular complexity index is 449. The predicted octanol–water partition coefficient (Wildman–Crippen LogP) is 5.49. The molecule has 0 radical (unpaired) electrons. The number of benzene rings is 1.